The van der Waals surface area contributed by atoms with Crippen molar-refractivity contribution >= 4 is 35.8 Å². The lowest BCUT2D eigenvalue weighted by molar-refractivity contribution is -0.127. The number of carbonyl (C=O) groups is 1. The second-order valence-corrected chi connectivity index (χ2v) is 6.96. The van der Waals surface area contributed by atoms with Crippen LogP contribution >= 0.6 is 24.0 Å². The number of benzene rings is 1. The molecule has 2 atom stereocenters. The third kappa shape index (κ3) is 7.88. The molecule has 2 rings (SSSR count). The van der Waals surface area contributed by atoms with Crippen molar-refractivity contribution in [3.8, 4) is 0 Å². The van der Waals surface area contributed by atoms with E-state index >= 15 is 0 Å². The first-order chi connectivity index (χ1) is 12.5. The number of aliphatic imine (C=N–C) groups is 1. The molecule has 1 aliphatic heterocycles. The fourth-order valence-electron chi connectivity index (χ4n) is 3.04. The lowest BCUT2D eigenvalue weighted by Gasteiger charge is -2.21. The van der Waals surface area contributed by atoms with Gasteiger partial charge in [-0.05, 0) is 18.9 Å². The van der Waals surface area contributed by atoms with E-state index < -0.39 is 0 Å². The number of carbonyl (C=O) groups excluding carboxylic acids is 1. The van der Waals surface area contributed by atoms with Crippen molar-refractivity contribution in [2.24, 2.45) is 4.99 Å². The molecule has 0 radical (unpaired) electrons. The highest BCUT2D eigenvalue weighted by Gasteiger charge is 2.29. The van der Waals surface area contributed by atoms with Gasteiger partial charge in [-0.1, -0.05) is 36.4 Å². The molecule has 150 valence electrons. The van der Waals surface area contributed by atoms with Crippen molar-refractivity contribution in [2.45, 2.75) is 32.0 Å². The topological polar surface area (TPSA) is 60.0 Å². The van der Waals surface area contributed by atoms with Gasteiger partial charge in [0.2, 0.25) is 5.91 Å². The van der Waals surface area contributed by atoms with E-state index in [2.05, 4.69) is 58.3 Å². The number of halogens is 1. The maximum absolute atomic E-state index is 11.8. The van der Waals surface area contributed by atoms with Gasteiger partial charge in [-0.2, -0.15) is 0 Å². The van der Waals surface area contributed by atoms with Crippen molar-refractivity contribution < 1.29 is 4.79 Å². The molecule has 1 heterocycles. The summed E-state index contributed by atoms with van der Waals surface area (Å²) >= 11 is 0. The Bertz CT molecular complexity index is 620. The summed E-state index contributed by atoms with van der Waals surface area (Å²) in [5, 5.41) is 6.67. The summed E-state index contributed by atoms with van der Waals surface area (Å²) < 4.78 is 0. The van der Waals surface area contributed by atoms with Gasteiger partial charge in [-0.25, -0.2) is 4.99 Å². The number of likely N-dealkylation sites (tertiary alicyclic amines) is 1. The highest BCUT2D eigenvalue weighted by atomic mass is 127. The predicted molar refractivity (Wildman–Crippen MR) is 122 cm³/mol. The zero-order valence-corrected chi connectivity index (χ0v) is 18.8. The Morgan fingerprint density at radius 3 is 2.70 bits per heavy atom. The van der Waals surface area contributed by atoms with Crippen LogP contribution < -0.4 is 10.6 Å². The van der Waals surface area contributed by atoms with Gasteiger partial charge in [0, 0.05) is 45.8 Å². The van der Waals surface area contributed by atoms with Crippen LogP contribution in [0.1, 0.15) is 18.9 Å². The number of guanidine groups is 1. The van der Waals surface area contributed by atoms with Gasteiger partial charge >= 0.3 is 0 Å². The number of rotatable bonds is 7. The summed E-state index contributed by atoms with van der Waals surface area (Å²) in [6.45, 7) is 8.63. The van der Waals surface area contributed by atoms with E-state index in [4.69, 9.17) is 0 Å². The Hall–Kier alpha value is -1.61. The molecule has 1 aromatic rings. The molecule has 0 aliphatic carbocycles. The van der Waals surface area contributed by atoms with E-state index in [1.165, 1.54) is 5.56 Å². The molecule has 6 nitrogen and oxygen atoms in total. The maximum atomic E-state index is 11.8. The molecule has 2 unspecified atom stereocenters. The summed E-state index contributed by atoms with van der Waals surface area (Å²) in [5.74, 6) is 0.647. The Morgan fingerprint density at radius 2 is 2.07 bits per heavy atom. The van der Waals surface area contributed by atoms with Gasteiger partial charge in [0.1, 0.15) is 6.54 Å². The van der Waals surface area contributed by atoms with Crippen molar-refractivity contribution in [3.63, 3.8) is 0 Å². The lowest BCUT2D eigenvalue weighted by atomic mass is 10.2. The molecular formula is C20H32IN5O. The number of hydrogen-bond donors (Lipinski definition) is 2. The summed E-state index contributed by atoms with van der Waals surface area (Å²) in [5.41, 5.74) is 1.33. The minimum absolute atomic E-state index is 0. The zero-order chi connectivity index (χ0) is 18.9. The molecule has 1 saturated heterocycles. The highest BCUT2D eigenvalue weighted by Crippen LogP contribution is 2.20. The predicted octanol–water partition coefficient (Wildman–Crippen LogP) is 2.08. The fraction of sp³-hybridized carbons (Fsp3) is 0.500. The van der Waals surface area contributed by atoms with Gasteiger partial charge in [0.05, 0.1) is 0 Å². The van der Waals surface area contributed by atoms with Crippen LogP contribution in [-0.4, -0.2) is 67.5 Å². The molecule has 0 aromatic heterocycles. The molecule has 1 aliphatic rings. The Labute approximate surface area is 180 Å². The van der Waals surface area contributed by atoms with Crippen LogP contribution in [0, 0.1) is 0 Å². The van der Waals surface area contributed by atoms with Crippen molar-refractivity contribution in [1.29, 1.82) is 0 Å². The number of hydrogen-bond acceptors (Lipinski definition) is 3. The van der Waals surface area contributed by atoms with Gasteiger partial charge in [-0.3, -0.25) is 9.69 Å². The van der Waals surface area contributed by atoms with Crippen molar-refractivity contribution in [3.05, 3.63) is 48.6 Å². The average molecular weight is 485 g/mol. The molecule has 1 aromatic carbocycles. The van der Waals surface area contributed by atoms with E-state index in [0.717, 1.165) is 19.5 Å². The third-order valence-corrected chi connectivity index (χ3v) is 4.56. The van der Waals surface area contributed by atoms with Gasteiger partial charge < -0.3 is 15.5 Å². The number of amides is 1. The van der Waals surface area contributed by atoms with Crippen LogP contribution in [0.5, 0.6) is 0 Å². The first kappa shape index (κ1) is 23.4. The maximum Gasteiger partial charge on any atom is 0.243 e. The summed E-state index contributed by atoms with van der Waals surface area (Å²) in [6.07, 6.45) is 2.83. The van der Waals surface area contributed by atoms with E-state index in [0.29, 0.717) is 24.6 Å². The van der Waals surface area contributed by atoms with Crippen LogP contribution in [0.3, 0.4) is 0 Å². The van der Waals surface area contributed by atoms with Gasteiger partial charge in [-0.15, -0.1) is 30.6 Å². The molecule has 0 bridgehead atoms. The average Bonchev–Trinajstić information content (AvgIpc) is 2.96. The Morgan fingerprint density at radius 1 is 1.37 bits per heavy atom. The molecule has 2 N–H and O–H groups in total. The summed E-state index contributed by atoms with van der Waals surface area (Å²) in [7, 11) is 3.48. The summed E-state index contributed by atoms with van der Waals surface area (Å²) in [6, 6.07) is 11.3. The number of nitrogens with zero attached hydrogens (tertiary/aromatic N) is 3. The number of likely N-dealkylation sites (N-methyl/N-ethyl adjacent to an activating group) is 1. The molecular weight excluding hydrogens is 453 g/mol. The number of nitrogens with one attached hydrogen (secondary N) is 2. The standard InChI is InChI=1S/C20H31N5O.HI/c1-5-11-21-20(22-13-19(26)24(3)4)23-18-12-16(2)25(15-18)14-17-9-7-6-8-10-17;/h5-10,16,18H,1,11-15H2,2-4H3,(H2,21,22,23);1H. The molecule has 1 amide bonds. The Balaban J connectivity index is 0.00000364. The van der Waals surface area contributed by atoms with Crippen LogP contribution in [0.25, 0.3) is 0 Å². The lowest BCUT2D eigenvalue weighted by Crippen LogP contribution is -2.45. The molecule has 7 heteroatoms. The second-order valence-electron chi connectivity index (χ2n) is 6.96. The van der Waals surface area contributed by atoms with Gasteiger partial charge in [0.25, 0.3) is 0 Å². The summed E-state index contributed by atoms with van der Waals surface area (Å²) in [4.78, 5) is 20.2. The largest absolute Gasteiger partial charge is 0.353 e. The normalized spacial score (nSPS) is 19.9. The quantitative estimate of drug-likeness (QED) is 0.269. The van der Waals surface area contributed by atoms with E-state index in [1.54, 1.807) is 25.1 Å². The smallest absolute Gasteiger partial charge is 0.243 e. The minimum Gasteiger partial charge on any atom is -0.353 e. The molecule has 0 spiro atoms. The molecule has 1 fully saturated rings. The SMILES string of the molecule is C=CCNC(=NCC(=O)N(C)C)NC1CC(C)N(Cc2ccccc2)C1.I. The first-order valence-electron chi connectivity index (χ1n) is 9.13. The van der Waals surface area contributed by atoms with Gasteiger partial charge in [0.15, 0.2) is 5.96 Å². The van der Waals surface area contributed by atoms with Crippen LogP contribution in [0.15, 0.2) is 48.0 Å². The molecule has 0 saturated carbocycles. The second kappa shape index (κ2) is 12.0. The van der Waals surface area contributed by atoms with E-state index in [-0.39, 0.29) is 36.4 Å². The van der Waals surface area contributed by atoms with Crippen molar-refractivity contribution in [1.82, 2.24) is 20.4 Å². The zero-order valence-electron chi connectivity index (χ0n) is 16.5. The van der Waals surface area contributed by atoms with Crippen LogP contribution in [0.2, 0.25) is 0 Å². The van der Waals surface area contributed by atoms with Crippen LogP contribution in [-0.2, 0) is 11.3 Å². The van der Waals surface area contributed by atoms with E-state index in [9.17, 15) is 4.79 Å². The third-order valence-electron chi connectivity index (χ3n) is 4.56. The minimum atomic E-state index is -0.0183. The highest BCUT2D eigenvalue weighted by molar-refractivity contribution is 14.0. The molecule has 27 heavy (non-hydrogen) atoms. The van der Waals surface area contributed by atoms with Crippen LogP contribution in [0.4, 0.5) is 0 Å². The van der Waals surface area contributed by atoms with E-state index in [1.807, 2.05) is 6.07 Å². The Kier molecular flexibility index (Phi) is 10.4. The monoisotopic (exact) mass is 485 g/mol. The van der Waals surface area contributed by atoms with Crippen molar-refractivity contribution in [2.75, 3.05) is 33.7 Å². The fourth-order valence-corrected chi connectivity index (χ4v) is 3.04. The first-order valence-corrected chi connectivity index (χ1v) is 9.13.